The van der Waals surface area contributed by atoms with Crippen LogP contribution < -0.4 is 0 Å². The van der Waals surface area contributed by atoms with Gasteiger partial charge in [-0.2, -0.15) is 4.99 Å². The molecule has 0 unspecified atom stereocenters. The average molecular weight is 123 g/mol. The molecule has 0 atom stereocenters. The quantitative estimate of drug-likeness (QED) is 0.405. The Morgan fingerprint density at radius 3 is 2.67 bits per heavy atom. The molecule has 1 fully saturated rings. The van der Waals surface area contributed by atoms with Crippen molar-refractivity contribution in [1.29, 1.82) is 0 Å². The molecule has 1 aliphatic carbocycles. The Hall–Kier alpha value is -0.880. The van der Waals surface area contributed by atoms with E-state index >= 15 is 0 Å². The standard InChI is InChI=1S/C7H9NO/c1-6(8-5-9)7-3-2-4-7/h7H,1-4H2. The van der Waals surface area contributed by atoms with Gasteiger partial charge in [0, 0.05) is 11.6 Å². The fraction of sp³-hybridized carbons (Fsp3) is 0.571. The maximum absolute atomic E-state index is 9.71. The lowest BCUT2D eigenvalue weighted by molar-refractivity contribution is 0.366. The number of carbonyl (C=O) groups excluding carboxylic acids is 1. The number of nitrogens with zero attached hydrogens (tertiary/aromatic N) is 1. The molecule has 1 aliphatic rings. The highest BCUT2D eigenvalue weighted by Crippen LogP contribution is 2.32. The Morgan fingerprint density at radius 1 is 1.67 bits per heavy atom. The van der Waals surface area contributed by atoms with E-state index in [1.807, 2.05) is 0 Å². The van der Waals surface area contributed by atoms with Gasteiger partial charge < -0.3 is 0 Å². The number of hydrogen-bond donors (Lipinski definition) is 0. The van der Waals surface area contributed by atoms with Crippen molar-refractivity contribution in [2.75, 3.05) is 0 Å². The van der Waals surface area contributed by atoms with Gasteiger partial charge >= 0.3 is 0 Å². The summed E-state index contributed by atoms with van der Waals surface area (Å²) < 4.78 is 0. The second-order valence-corrected chi connectivity index (χ2v) is 2.32. The predicted octanol–water partition coefficient (Wildman–Crippen LogP) is 1.64. The third-order valence-electron chi connectivity index (χ3n) is 1.77. The highest BCUT2D eigenvalue weighted by Gasteiger charge is 2.19. The molecule has 0 N–H and O–H groups in total. The van der Waals surface area contributed by atoms with Gasteiger partial charge in [0.1, 0.15) is 0 Å². The van der Waals surface area contributed by atoms with E-state index in [9.17, 15) is 4.79 Å². The summed E-state index contributed by atoms with van der Waals surface area (Å²) in [6.07, 6.45) is 5.03. The van der Waals surface area contributed by atoms with Crippen LogP contribution in [0.1, 0.15) is 19.3 Å². The van der Waals surface area contributed by atoms with Gasteiger partial charge in [-0.25, -0.2) is 4.79 Å². The van der Waals surface area contributed by atoms with Crippen molar-refractivity contribution in [2.24, 2.45) is 10.9 Å². The number of rotatable bonds is 2. The maximum atomic E-state index is 9.71. The van der Waals surface area contributed by atoms with Gasteiger partial charge in [-0.15, -0.1) is 0 Å². The van der Waals surface area contributed by atoms with Crippen LogP contribution in [-0.4, -0.2) is 6.08 Å². The molecule has 0 saturated heterocycles. The van der Waals surface area contributed by atoms with Crippen molar-refractivity contribution in [3.8, 4) is 0 Å². The lowest BCUT2D eigenvalue weighted by atomic mass is 9.83. The molecule has 0 heterocycles. The summed E-state index contributed by atoms with van der Waals surface area (Å²) in [5, 5.41) is 0. The van der Waals surface area contributed by atoms with Gasteiger partial charge in [0.15, 0.2) is 0 Å². The first-order valence-corrected chi connectivity index (χ1v) is 3.11. The van der Waals surface area contributed by atoms with Crippen LogP contribution in [0, 0.1) is 5.92 Å². The van der Waals surface area contributed by atoms with E-state index in [0.717, 1.165) is 12.8 Å². The minimum atomic E-state index is 0.478. The van der Waals surface area contributed by atoms with E-state index in [1.165, 1.54) is 12.5 Å². The van der Waals surface area contributed by atoms with Crippen LogP contribution in [0.25, 0.3) is 0 Å². The average Bonchev–Trinajstić information content (AvgIpc) is 1.60. The molecule has 9 heavy (non-hydrogen) atoms. The molecule has 2 nitrogen and oxygen atoms in total. The molecule has 1 rings (SSSR count). The molecule has 0 aromatic carbocycles. The fourth-order valence-electron chi connectivity index (χ4n) is 0.891. The Morgan fingerprint density at radius 2 is 2.33 bits per heavy atom. The molecule has 0 spiro atoms. The van der Waals surface area contributed by atoms with Crippen molar-refractivity contribution < 1.29 is 4.79 Å². The summed E-state index contributed by atoms with van der Waals surface area (Å²) in [5.74, 6) is 0.478. The lowest BCUT2D eigenvalue weighted by Crippen LogP contribution is -2.11. The van der Waals surface area contributed by atoms with Crippen LogP contribution in [0.4, 0.5) is 0 Å². The first kappa shape index (κ1) is 6.24. The zero-order valence-corrected chi connectivity index (χ0v) is 5.26. The van der Waals surface area contributed by atoms with Crippen molar-refractivity contribution in [3.05, 3.63) is 12.3 Å². The fourth-order valence-corrected chi connectivity index (χ4v) is 0.891. The van der Waals surface area contributed by atoms with Gasteiger partial charge in [0.25, 0.3) is 0 Å². The summed E-state index contributed by atoms with van der Waals surface area (Å²) in [6.45, 7) is 3.64. The molecule has 0 bridgehead atoms. The lowest BCUT2D eigenvalue weighted by Gasteiger charge is -2.23. The molecule has 1 saturated carbocycles. The molecular formula is C7H9NO. The summed E-state index contributed by atoms with van der Waals surface area (Å²) in [7, 11) is 0. The second-order valence-electron chi connectivity index (χ2n) is 2.32. The molecular weight excluding hydrogens is 114 g/mol. The van der Waals surface area contributed by atoms with E-state index in [1.54, 1.807) is 0 Å². The van der Waals surface area contributed by atoms with Gasteiger partial charge in [-0.3, -0.25) is 0 Å². The van der Waals surface area contributed by atoms with E-state index in [4.69, 9.17) is 0 Å². The van der Waals surface area contributed by atoms with Crippen molar-refractivity contribution >= 4 is 6.08 Å². The first-order chi connectivity index (χ1) is 4.34. The SMILES string of the molecule is C=C(N=C=O)C1CCC1. The highest BCUT2D eigenvalue weighted by atomic mass is 16.1. The zero-order chi connectivity index (χ0) is 6.69. The Labute approximate surface area is 54.3 Å². The van der Waals surface area contributed by atoms with Gasteiger partial charge in [0.2, 0.25) is 6.08 Å². The third-order valence-corrected chi connectivity index (χ3v) is 1.77. The molecule has 0 amide bonds. The van der Waals surface area contributed by atoms with Crippen molar-refractivity contribution in [3.63, 3.8) is 0 Å². The van der Waals surface area contributed by atoms with Gasteiger partial charge in [-0.05, 0) is 12.8 Å². The van der Waals surface area contributed by atoms with Crippen LogP contribution in [0.2, 0.25) is 0 Å². The minimum absolute atomic E-state index is 0.478. The molecule has 0 aromatic heterocycles. The topological polar surface area (TPSA) is 29.4 Å². The summed E-state index contributed by atoms with van der Waals surface area (Å²) >= 11 is 0. The Bertz CT molecular complexity index is 164. The van der Waals surface area contributed by atoms with Gasteiger partial charge in [-0.1, -0.05) is 13.0 Å². The van der Waals surface area contributed by atoms with Crippen molar-refractivity contribution in [1.82, 2.24) is 0 Å². The molecule has 0 radical (unpaired) electrons. The summed E-state index contributed by atoms with van der Waals surface area (Å²) in [4.78, 5) is 13.2. The summed E-state index contributed by atoms with van der Waals surface area (Å²) in [5.41, 5.74) is 0.705. The molecule has 48 valence electrons. The van der Waals surface area contributed by atoms with Crippen LogP contribution >= 0.6 is 0 Å². The molecule has 2 heteroatoms. The third kappa shape index (κ3) is 1.27. The second kappa shape index (κ2) is 2.60. The smallest absolute Gasteiger partial charge is 0.211 e. The largest absolute Gasteiger partial charge is 0.240 e. The van der Waals surface area contributed by atoms with Crippen LogP contribution in [-0.2, 0) is 4.79 Å². The van der Waals surface area contributed by atoms with E-state index < -0.39 is 0 Å². The molecule has 0 aliphatic heterocycles. The first-order valence-electron chi connectivity index (χ1n) is 3.11. The maximum Gasteiger partial charge on any atom is 0.240 e. The minimum Gasteiger partial charge on any atom is -0.211 e. The van der Waals surface area contributed by atoms with E-state index in [2.05, 4.69) is 11.6 Å². The summed E-state index contributed by atoms with van der Waals surface area (Å²) in [6, 6.07) is 0. The van der Waals surface area contributed by atoms with Crippen molar-refractivity contribution in [2.45, 2.75) is 19.3 Å². The van der Waals surface area contributed by atoms with Crippen LogP contribution in [0.15, 0.2) is 17.3 Å². The zero-order valence-electron chi connectivity index (χ0n) is 5.26. The number of isocyanates is 1. The van der Waals surface area contributed by atoms with Gasteiger partial charge in [0.05, 0.1) is 0 Å². The number of hydrogen-bond acceptors (Lipinski definition) is 2. The monoisotopic (exact) mass is 123 g/mol. The van der Waals surface area contributed by atoms with E-state index in [-0.39, 0.29) is 0 Å². The van der Waals surface area contributed by atoms with Crippen LogP contribution in [0.3, 0.4) is 0 Å². The number of aliphatic imine (C=N–C) groups is 1. The molecule has 0 aromatic rings. The van der Waals surface area contributed by atoms with E-state index in [0.29, 0.717) is 11.6 Å². The predicted molar refractivity (Wildman–Crippen MR) is 34.6 cm³/mol. The Kier molecular flexibility index (Phi) is 1.81. The normalized spacial score (nSPS) is 17.8. The van der Waals surface area contributed by atoms with Crippen LogP contribution in [0.5, 0.6) is 0 Å². The number of allylic oxidation sites excluding steroid dienone is 1. The highest BCUT2D eigenvalue weighted by molar-refractivity contribution is 5.36. The Balaban J connectivity index is 2.41.